The van der Waals surface area contributed by atoms with E-state index in [1.54, 1.807) is 85.1 Å². The van der Waals surface area contributed by atoms with Crippen LogP contribution in [0.4, 0.5) is 17.5 Å². The Balaban J connectivity index is 0.000000110. The fraction of sp³-hybridized carbons (Fsp3) is 0.195. The summed E-state index contributed by atoms with van der Waals surface area (Å²) in [5.41, 5.74) is 11.9. The second-order valence-electron chi connectivity index (χ2n) is 30.0. The zero-order valence-corrected chi connectivity index (χ0v) is 74.3. The second kappa shape index (κ2) is 36.4. The van der Waals surface area contributed by atoms with Gasteiger partial charge in [0.05, 0.1) is 128 Å². The minimum atomic E-state index is -1.66. The molecule has 22 rings (SSSR count). The molecule has 130 heavy (non-hydrogen) atoms. The topological polar surface area (TPSA) is 437 Å². The van der Waals surface area contributed by atoms with Crippen LogP contribution in [0.5, 0.6) is 34.5 Å². The number of amides is 5. The largest absolute Gasteiger partial charge is 0.496 e. The van der Waals surface area contributed by atoms with Crippen molar-refractivity contribution < 1.29 is 73.4 Å². The van der Waals surface area contributed by atoms with Crippen LogP contribution in [0, 0.1) is 6.92 Å². The van der Waals surface area contributed by atoms with Gasteiger partial charge in [-0.2, -0.15) is 25.5 Å². The molecule has 662 valence electrons. The number of aryl methyl sites for hydroxylation is 1. The molecule has 5 unspecified atom stereocenters. The first-order chi connectivity index (χ1) is 63.1. The number of anilines is 3. The van der Waals surface area contributed by atoms with Crippen molar-refractivity contribution in [3.63, 3.8) is 0 Å². The lowest BCUT2D eigenvalue weighted by molar-refractivity contribution is -0.115. The van der Waals surface area contributed by atoms with Gasteiger partial charge in [-0.25, -0.2) is 59.4 Å². The van der Waals surface area contributed by atoms with Crippen molar-refractivity contribution in [1.82, 2.24) is 92.4 Å². The number of hydrogen-bond acceptors (Lipinski definition) is 28. The number of likely N-dealkylation sites (N-methyl/N-ethyl adjacent to an activating group) is 1. The van der Waals surface area contributed by atoms with Gasteiger partial charge in [-0.15, -0.1) is 0 Å². The molecule has 43 heteroatoms. The highest BCUT2D eigenvalue weighted by Crippen LogP contribution is 2.42. The molecule has 14 aromatic rings. The standard InChI is InChI=1S/2C20H19N5O3S.C19H17N5O4S.C17H14N4O3S.C11H9N3O3S/c1-28-17-9-14(13-4-5-18(21-11-13)24-6-2-3-7-24)8-16-15(17)12-22-25(16)20-10-19(26)23-29(20)27;1-28-17-9-14(13-4-5-21-18(10-13)24-6-2-3-7-24)8-16-15(17)12-22-25(16)20-11-19(26)23-29(20)27;1-23-3-4-28-16-7-12(9-20-19(16)23)11-5-14-13(15(6-11)27-2)10-21-24(14)18-8-17(25)22-29(18)26;1-10-3-12(8-18-7-10)11-4-14-13(15(5-11)24-2)9-19-21(14)17-6-16(22)20-25(17)23;1-17-9-4-2-3-8-7(9)6-12-14(8)11-5-10(15)13-18(11)16/h2*4-5,8-12H,2-3,6-7H2,1H3,(H,23,26);5-10H,3-4H2,1-2H3,(H,22,25);3-9H,1-2H3,(H,20,22);2-6H,1H3,(H,13,15). The molecule has 0 aliphatic carbocycles. The van der Waals surface area contributed by atoms with Gasteiger partial charge < -0.3 is 43.1 Å². The van der Waals surface area contributed by atoms with Gasteiger partial charge in [0.25, 0.3) is 29.5 Å². The predicted octanol–water partition coefficient (Wildman–Crippen LogP) is 8.77. The third-order valence-corrected chi connectivity index (χ3v) is 27.2. The Bertz CT molecular complexity index is 7310. The van der Waals surface area contributed by atoms with Crippen LogP contribution in [0.3, 0.4) is 0 Å². The van der Waals surface area contributed by atoms with Crippen LogP contribution in [0.25, 0.3) is 124 Å². The summed E-state index contributed by atoms with van der Waals surface area (Å²) in [7, 11) is 1.80. The fourth-order valence-corrected chi connectivity index (χ4v) is 20.0. The van der Waals surface area contributed by atoms with Gasteiger partial charge >= 0.3 is 0 Å². The molecular weight excluding hydrogens is 1770 g/mol. The summed E-state index contributed by atoms with van der Waals surface area (Å²) in [4.78, 5) is 82.0. The average molecular weight is 1850 g/mol. The summed E-state index contributed by atoms with van der Waals surface area (Å²) in [6, 6.07) is 33.0. The van der Waals surface area contributed by atoms with Gasteiger partial charge in [0.15, 0.2) is 91.6 Å². The van der Waals surface area contributed by atoms with E-state index in [2.05, 4.69) is 84.9 Å². The number of nitrogens with one attached hydrogen (secondary N) is 5. The Morgan fingerprint density at radius 2 is 0.723 bits per heavy atom. The van der Waals surface area contributed by atoms with Gasteiger partial charge in [-0.1, -0.05) is 6.07 Å². The lowest BCUT2D eigenvalue weighted by atomic mass is 10.0. The van der Waals surface area contributed by atoms with E-state index >= 15 is 0 Å². The molecule has 5 N–H and O–H groups in total. The molecule has 2 fully saturated rings. The summed E-state index contributed by atoms with van der Waals surface area (Å²) in [6.45, 7) is 7.50. The monoisotopic (exact) mass is 1850 g/mol. The smallest absolute Gasteiger partial charge is 0.258 e. The average Bonchev–Trinajstić information content (AvgIpc) is 1.59. The molecule has 2 saturated heterocycles. The number of methoxy groups -OCH3 is 5. The fourth-order valence-electron chi connectivity index (χ4n) is 15.7. The van der Waals surface area contributed by atoms with E-state index in [9.17, 15) is 45.0 Å². The Hall–Kier alpha value is -15.0. The number of hydrogen-bond donors (Lipinski definition) is 5. The number of carbonyl (C=O) groups excluding carboxylic acids is 5. The quantitative estimate of drug-likeness (QED) is 0.0603. The van der Waals surface area contributed by atoms with Gasteiger partial charge in [-0.05, 0) is 163 Å². The SMILES string of the molecule is COc1cc(-c2ccc(N3CCCC3)nc2)cc2c1cnn2C1=CC(=O)NS1=O.COc1cc(-c2ccnc(N3CCCC3)c2)cc2c1cnn2C1=CC(=O)NS1=O.COc1cc(-c2cnc3c(c2)OCCN3C)cc2c1cnn2C1=CC(=O)NS1=O.COc1cc(-c2cncc(C)c2)cc2c1cnn2C1=CC(=O)NS1=O.COc1cccc2c1cnn2C1=CC(=O)NS1=O. The zero-order chi connectivity index (χ0) is 90.3. The second-order valence-corrected chi connectivity index (χ2v) is 35.8. The van der Waals surface area contributed by atoms with Crippen molar-refractivity contribution in [2.45, 2.75) is 32.6 Å². The first kappa shape index (κ1) is 85.8. The maximum Gasteiger partial charge on any atom is 0.258 e. The highest BCUT2D eigenvalue weighted by molar-refractivity contribution is 7.94. The Morgan fingerprint density at radius 1 is 0.346 bits per heavy atom. The number of rotatable bonds is 16. The molecule has 0 spiro atoms. The van der Waals surface area contributed by atoms with E-state index < -0.39 is 78.6 Å². The van der Waals surface area contributed by atoms with Crippen LogP contribution in [0.15, 0.2) is 195 Å². The molecule has 9 aromatic heterocycles. The summed E-state index contributed by atoms with van der Waals surface area (Å²) in [5.74, 6) is 4.73. The first-order valence-electron chi connectivity index (χ1n) is 40.3. The Kier molecular flexibility index (Phi) is 24.0. The van der Waals surface area contributed by atoms with Crippen molar-refractivity contribution >= 4 is 182 Å². The van der Waals surface area contributed by atoms with Crippen LogP contribution in [-0.4, -0.2) is 201 Å². The molecule has 17 heterocycles. The number of carbonyl (C=O) groups is 5. The first-order valence-corrected chi connectivity index (χ1v) is 46.0. The molecule has 0 radical (unpaired) electrons. The van der Waals surface area contributed by atoms with Crippen LogP contribution in [0.2, 0.25) is 0 Å². The van der Waals surface area contributed by atoms with Crippen LogP contribution in [0.1, 0.15) is 31.2 Å². The molecule has 5 atom stereocenters. The summed E-state index contributed by atoms with van der Waals surface area (Å²) < 4.78 is 113. The number of nitrogens with zero attached hydrogens (tertiary/aromatic N) is 17. The molecule has 38 nitrogen and oxygen atoms in total. The van der Waals surface area contributed by atoms with Crippen molar-refractivity contribution in [2.24, 2.45) is 0 Å². The zero-order valence-electron chi connectivity index (χ0n) is 70.2. The van der Waals surface area contributed by atoms with Crippen LogP contribution in [-0.2, 0) is 78.9 Å². The molecule has 5 amide bonds. The number of aromatic nitrogens is 14. The minimum Gasteiger partial charge on any atom is -0.496 e. The minimum absolute atomic E-state index is 0.276. The lowest BCUT2D eigenvalue weighted by Crippen LogP contribution is -2.29. The van der Waals surface area contributed by atoms with Crippen molar-refractivity contribution in [2.75, 3.05) is 96.6 Å². The maximum atomic E-state index is 12.2. The number of pyridine rings is 4. The van der Waals surface area contributed by atoms with E-state index in [0.29, 0.717) is 72.0 Å². The molecule has 8 aliphatic rings. The van der Waals surface area contributed by atoms with Crippen LogP contribution >= 0.6 is 0 Å². The molecule has 5 aromatic carbocycles. The van der Waals surface area contributed by atoms with Gasteiger partial charge in [-0.3, -0.25) is 52.6 Å². The molecule has 8 aliphatic heterocycles. The van der Waals surface area contributed by atoms with Crippen molar-refractivity contribution in [3.05, 3.63) is 201 Å². The summed E-state index contributed by atoms with van der Waals surface area (Å²) in [5, 5.41) is 26.8. The maximum absolute atomic E-state index is 12.2. The highest BCUT2D eigenvalue weighted by atomic mass is 32.2. The summed E-state index contributed by atoms with van der Waals surface area (Å²) in [6.07, 6.45) is 28.4. The van der Waals surface area contributed by atoms with E-state index in [4.69, 9.17) is 28.4 Å². The molecular formula is C87H78N22O16S5. The Morgan fingerprint density at radius 3 is 1.11 bits per heavy atom. The van der Waals surface area contributed by atoms with E-state index in [1.807, 2.05) is 128 Å². The van der Waals surface area contributed by atoms with E-state index in [0.717, 1.165) is 144 Å². The number of fused-ring (bicyclic) bond motifs is 6. The third kappa shape index (κ3) is 17.0. The number of ether oxygens (including phenoxy) is 6. The highest BCUT2D eigenvalue weighted by Gasteiger charge is 2.32. The van der Waals surface area contributed by atoms with Gasteiger partial charge in [0.2, 0.25) is 0 Å². The molecule has 0 saturated carbocycles. The Labute approximate surface area is 751 Å². The number of benzene rings is 5. The van der Waals surface area contributed by atoms with Crippen molar-refractivity contribution in [1.29, 1.82) is 0 Å². The predicted molar refractivity (Wildman–Crippen MR) is 494 cm³/mol. The van der Waals surface area contributed by atoms with E-state index in [-0.39, 0.29) is 10.9 Å². The third-order valence-electron chi connectivity index (χ3n) is 21.9. The normalized spacial score (nSPS) is 18.4. The van der Waals surface area contributed by atoms with Crippen molar-refractivity contribution in [3.8, 4) is 79.0 Å². The van der Waals surface area contributed by atoms with E-state index in [1.165, 1.54) is 79.5 Å². The van der Waals surface area contributed by atoms with Gasteiger partial charge in [0.1, 0.15) is 47.0 Å². The van der Waals surface area contributed by atoms with Gasteiger partial charge in [0, 0.05) is 111 Å². The lowest BCUT2D eigenvalue weighted by Gasteiger charge is -2.26. The molecule has 0 bridgehead atoms. The van der Waals surface area contributed by atoms with Crippen LogP contribution < -0.4 is 66.7 Å². The summed E-state index contributed by atoms with van der Waals surface area (Å²) >= 11 is 0.